The van der Waals surface area contributed by atoms with Gasteiger partial charge in [0.15, 0.2) is 22.7 Å². The molecule has 0 saturated carbocycles. The van der Waals surface area contributed by atoms with Gasteiger partial charge in [0.2, 0.25) is 0 Å². The molecule has 0 aliphatic rings. The summed E-state index contributed by atoms with van der Waals surface area (Å²) in [5.41, 5.74) is 3.48. The largest absolute Gasteiger partial charge is 0.493 e. The minimum atomic E-state index is -1.60. The first-order valence-corrected chi connectivity index (χ1v) is 9.37. The number of hydrogen-bond acceptors (Lipinski definition) is 4. The van der Waals surface area contributed by atoms with E-state index in [4.69, 9.17) is 14.6 Å². The van der Waals surface area contributed by atoms with Crippen LogP contribution in [0.5, 0.6) is 11.5 Å². The summed E-state index contributed by atoms with van der Waals surface area (Å²) in [4.78, 5) is 4.54. The molecule has 27 heavy (non-hydrogen) atoms. The third kappa shape index (κ3) is 3.09. The summed E-state index contributed by atoms with van der Waals surface area (Å²) in [7, 11) is 3.22. The van der Waals surface area contributed by atoms with E-state index in [0.29, 0.717) is 17.2 Å². The van der Waals surface area contributed by atoms with Gasteiger partial charge in [-0.15, -0.1) is 0 Å². The Kier molecular flexibility index (Phi) is 4.43. The van der Waals surface area contributed by atoms with E-state index >= 15 is 0 Å². The van der Waals surface area contributed by atoms with Crippen molar-refractivity contribution in [2.24, 2.45) is 5.14 Å². The van der Waals surface area contributed by atoms with Crippen LogP contribution in [-0.2, 0) is 11.2 Å². The van der Waals surface area contributed by atoms with E-state index in [0.717, 1.165) is 27.5 Å². The van der Waals surface area contributed by atoms with Crippen molar-refractivity contribution in [3.63, 3.8) is 0 Å². The molecule has 0 aliphatic carbocycles. The molecule has 0 bridgehead atoms. The fourth-order valence-corrected chi connectivity index (χ4v) is 3.53. The Balaban J connectivity index is 1.91. The first kappa shape index (κ1) is 17.3. The molecule has 0 amide bonds. The van der Waals surface area contributed by atoms with Gasteiger partial charge in [-0.2, -0.15) is 0 Å². The van der Waals surface area contributed by atoms with Crippen molar-refractivity contribution >= 4 is 38.7 Å². The third-order valence-corrected chi connectivity index (χ3v) is 4.82. The number of ether oxygens (including phenoxy) is 2. The maximum absolute atomic E-state index is 11.1. The Hall–Kier alpha value is -3.10. The molecule has 0 saturated heterocycles. The molecule has 0 radical (unpaired) electrons. The van der Waals surface area contributed by atoms with Gasteiger partial charge in [0, 0.05) is 40.6 Å². The zero-order chi connectivity index (χ0) is 19.0. The van der Waals surface area contributed by atoms with E-state index in [-0.39, 0.29) is 0 Å². The molecule has 0 fully saturated rings. The number of anilines is 1. The summed E-state index contributed by atoms with van der Waals surface area (Å²) in [5, 5.41) is 7.24. The highest BCUT2D eigenvalue weighted by atomic mass is 32.2. The molecule has 1 atom stereocenters. The predicted octanol–water partition coefficient (Wildman–Crippen LogP) is 3.15. The molecule has 1 unspecified atom stereocenters. The van der Waals surface area contributed by atoms with Crippen LogP contribution in [0.1, 0.15) is 0 Å². The highest BCUT2D eigenvalue weighted by Crippen LogP contribution is 2.35. The SMILES string of the molecule is COc1cc2ncc3ccn(-c4ccc(NS(N)=O)cc4)c3c2cc1OC. The Morgan fingerprint density at radius 2 is 1.78 bits per heavy atom. The quantitative estimate of drug-likeness (QED) is 0.555. The number of fused-ring (bicyclic) bond motifs is 3. The number of pyridine rings is 1. The summed E-state index contributed by atoms with van der Waals surface area (Å²) >= 11 is -1.60. The van der Waals surface area contributed by atoms with Gasteiger partial charge >= 0.3 is 0 Å². The average Bonchev–Trinajstić information content (AvgIpc) is 3.11. The molecular formula is C19H18N4O3S. The predicted molar refractivity (Wildman–Crippen MR) is 108 cm³/mol. The molecule has 138 valence electrons. The fourth-order valence-electron chi connectivity index (χ4n) is 3.16. The lowest BCUT2D eigenvalue weighted by molar-refractivity contribution is 0.356. The van der Waals surface area contributed by atoms with E-state index in [2.05, 4.69) is 14.3 Å². The van der Waals surface area contributed by atoms with Crippen LogP contribution in [0.15, 0.2) is 54.9 Å². The minimum absolute atomic E-state index is 0.639. The van der Waals surface area contributed by atoms with Gasteiger partial charge in [-0.1, -0.05) is 0 Å². The van der Waals surface area contributed by atoms with Crippen molar-refractivity contribution in [3.05, 3.63) is 54.9 Å². The summed E-state index contributed by atoms with van der Waals surface area (Å²) < 4.78 is 26.7. The molecule has 0 aliphatic heterocycles. The van der Waals surface area contributed by atoms with Crippen LogP contribution in [0, 0.1) is 0 Å². The zero-order valence-electron chi connectivity index (χ0n) is 14.8. The van der Waals surface area contributed by atoms with Crippen molar-refractivity contribution in [1.82, 2.24) is 9.55 Å². The summed E-state index contributed by atoms with van der Waals surface area (Å²) in [6, 6.07) is 13.3. The summed E-state index contributed by atoms with van der Waals surface area (Å²) in [6.07, 6.45) is 3.83. The van der Waals surface area contributed by atoms with E-state index in [1.807, 2.05) is 54.9 Å². The van der Waals surface area contributed by atoms with Crippen LogP contribution in [0.2, 0.25) is 0 Å². The smallest absolute Gasteiger partial charge is 0.190 e. The topological polar surface area (TPSA) is 91.4 Å². The Labute approximate surface area is 158 Å². The molecule has 2 aromatic heterocycles. The summed E-state index contributed by atoms with van der Waals surface area (Å²) in [5.74, 6) is 1.29. The third-order valence-electron chi connectivity index (χ3n) is 4.38. The number of nitrogens with two attached hydrogens (primary N) is 1. The van der Waals surface area contributed by atoms with Crippen molar-refractivity contribution in [2.75, 3.05) is 18.9 Å². The molecule has 3 N–H and O–H groups in total. The van der Waals surface area contributed by atoms with Gasteiger partial charge in [-0.3, -0.25) is 9.71 Å². The van der Waals surface area contributed by atoms with Crippen LogP contribution in [0.4, 0.5) is 5.69 Å². The van der Waals surface area contributed by atoms with Gasteiger partial charge in [-0.25, -0.2) is 9.35 Å². The van der Waals surface area contributed by atoms with Crippen LogP contribution in [0.3, 0.4) is 0 Å². The number of rotatable bonds is 5. The fraction of sp³-hybridized carbons (Fsp3) is 0.105. The average molecular weight is 382 g/mol. The Bertz CT molecular complexity index is 1160. The molecule has 8 heteroatoms. The van der Waals surface area contributed by atoms with Crippen LogP contribution in [0.25, 0.3) is 27.5 Å². The maximum Gasteiger partial charge on any atom is 0.190 e. The van der Waals surface area contributed by atoms with Crippen molar-refractivity contribution in [1.29, 1.82) is 0 Å². The lowest BCUT2D eigenvalue weighted by atomic mass is 10.1. The lowest BCUT2D eigenvalue weighted by Gasteiger charge is -2.12. The molecule has 0 spiro atoms. The number of methoxy groups -OCH3 is 2. The second kappa shape index (κ2) is 6.90. The highest BCUT2D eigenvalue weighted by molar-refractivity contribution is 7.84. The van der Waals surface area contributed by atoms with Crippen LogP contribution < -0.4 is 19.3 Å². The number of nitrogens with one attached hydrogen (secondary N) is 1. The Morgan fingerprint density at radius 3 is 2.44 bits per heavy atom. The number of hydrogen-bond donors (Lipinski definition) is 2. The molecular weight excluding hydrogens is 364 g/mol. The number of aromatic nitrogens is 2. The van der Waals surface area contributed by atoms with E-state index in [1.54, 1.807) is 14.2 Å². The second-order valence-electron chi connectivity index (χ2n) is 5.92. The van der Waals surface area contributed by atoms with E-state index < -0.39 is 11.2 Å². The monoisotopic (exact) mass is 382 g/mol. The van der Waals surface area contributed by atoms with Crippen LogP contribution in [-0.4, -0.2) is 28.0 Å². The van der Waals surface area contributed by atoms with E-state index in [1.165, 1.54) is 0 Å². The van der Waals surface area contributed by atoms with Crippen molar-refractivity contribution < 1.29 is 13.7 Å². The standard InChI is InChI=1S/C19H18N4O3S/c1-25-17-9-15-16(10-18(17)26-2)21-11-12-7-8-23(19(12)15)14-5-3-13(4-6-14)22-27(20)24/h3-11,22H,20H2,1-2H3. The van der Waals surface area contributed by atoms with Crippen LogP contribution >= 0.6 is 0 Å². The summed E-state index contributed by atoms with van der Waals surface area (Å²) in [6.45, 7) is 0. The molecule has 7 nitrogen and oxygen atoms in total. The van der Waals surface area contributed by atoms with E-state index in [9.17, 15) is 4.21 Å². The Morgan fingerprint density at radius 1 is 1.07 bits per heavy atom. The normalized spacial score (nSPS) is 12.3. The van der Waals surface area contributed by atoms with Gasteiger partial charge in [0.05, 0.1) is 25.3 Å². The molecule has 2 heterocycles. The number of benzene rings is 2. The van der Waals surface area contributed by atoms with Gasteiger partial charge in [0.1, 0.15) is 0 Å². The molecule has 4 aromatic rings. The lowest BCUT2D eigenvalue weighted by Crippen LogP contribution is -2.12. The second-order valence-corrected chi connectivity index (χ2v) is 6.72. The van der Waals surface area contributed by atoms with Crippen molar-refractivity contribution in [3.8, 4) is 17.2 Å². The van der Waals surface area contributed by atoms with Crippen molar-refractivity contribution in [2.45, 2.75) is 0 Å². The van der Waals surface area contributed by atoms with Gasteiger partial charge in [0.25, 0.3) is 0 Å². The minimum Gasteiger partial charge on any atom is -0.493 e. The first-order chi connectivity index (χ1) is 13.1. The first-order valence-electron chi connectivity index (χ1n) is 8.16. The zero-order valence-corrected chi connectivity index (χ0v) is 15.6. The van der Waals surface area contributed by atoms with Gasteiger partial charge < -0.3 is 14.0 Å². The highest BCUT2D eigenvalue weighted by Gasteiger charge is 2.13. The maximum atomic E-state index is 11.1. The molecule has 2 aromatic carbocycles. The molecule has 4 rings (SSSR count). The number of nitrogens with zero attached hydrogens (tertiary/aromatic N) is 2. The van der Waals surface area contributed by atoms with Gasteiger partial charge in [-0.05, 0) is 36.4 Å².